The average Bonchev–Trinajstić information content (AvgIpc) is 3.67. The van der Waals surface area contributed by atoms with Gasteiger partial charge in [-0.2, -0.15) is 0 Å². The van der Waals surface area contributed by atoms with Gasteiger partial charge in [-0.3, -0.25) is 4.79 Å². The van der Waals surface area contributed by atoms with E-state index in [-0.39, 0.29) is 58.8 Å². The molecule has 228 valence electrons. The molecule has 0 saturated heterocycles. The van der Waals surface area contributed by atoms with Gasteiger partial charge in [0.1, 0.15) is 23.2 Å². The maximum atomic E-state index is 15.5. The minimum absolute atomic E-state index is 0.0103. The van der Waals surface area contributed by atoms with Crippen molar-refractivity contribution < 1.29 is 22.7 Å². The van der Waals surface area contributed by atoms with Gasteiger partial charge in [0, 0.05) is 66.6 Å². The highest BCUT2D eigenvalue weighted by Crippen LogP contribution is 2.39. The number of aromatic nitrogens is 3. The van der Waals surface area contributed by atoms with Crippen molar-refractivity contribution in [2.45, 2.75) is 51.9 Å². The highest BCUT2D eigenvalue weighted by molar-refractivity contribution is 5.86. The second-order valence-electron chi connectivity index (χ2n) is 12.4. The molecule has 1 aliphatic heterocycles. The fourth-order valence-corrected chi connectivity index (χ4v) is 6.01. The summed E-state index contributed by atoms with van der Waals surface area (Å²) in [5.41, 5.74) is 2.31. The minimum atomic E-state index is -0.595. The lowest BCUT2D eigenvalue weighted by atomic mass is 9.79. The van der Waals surface area contributed by atoms with Gasteiger partial charge in [-0.05, 0) is 67.0 Å². The number of H-pyrrole nitrogens is 2. The summed E-state index contributed by atoms with van der Waals surface area (Å²) < 4.78 is 51.9. The van der Waals surface area contributed by atoms with Crippen molar-refractivity contribution >= 4 is 16.8 Å². The zero-order valence-electron chi connectivity index (χ0n) is 25.0. The summed E-state index contributed by atoms with van der Waals surface area (Å²) in [5.74, 6) is -1.41. The summed E-state index contributed by atoms with van der Waals surface area (Å²) in [4.78, 5) is 25.7. The fourth-order valence-electron chi connectivity index (χ4n) is 6.01. The molecule has 4 bridgehead atoms. The standard InChI is InChI=1S/C35H35F3N4O2/c1-35(2)14-12-23(22-6-4-5-7-27(22)36)31-20-40-34(41-31)26-18-21(8-10-28(26)37)44-33-25(9-11-32(43)42(3)17-15-35)24-13-16-39-30(24)19-29(33)38/h4-8,10,13,16,18-20,23,39H,9,11-12,14-15,17H2,1-3H3,(H,40,41). The molecule has 0 saturated carbocycles. The molecule has 3 aromatic carbocycles. The summed E-state index contributed by atoms with van der Waals surface area (Å²) in [7, 11) is 1.78. The van der Waals surface area contributed by atoms with E-state index in [2.05, 4.69) is 28.8 Å². The van der Waals surface area contributed by atoms with Crippen LogP contribution in [0.15, 0.2) is 67.0 Å². The predicted molar refractivity (Wildman–Crippen MR) is 164 cm³/mol. The topological polar surface area (TPSA) is 74.0 Å². The summed E-state index contributed by atoms with van der Waals surface area (Å²) >= 11 is 0. The molecule has 2 aromatic heterocycles. The Balaban J connectivity index is 1.46. The Hall–Kier alpha value is -4.53. The van der Waals surface area contributed by atoms with Crippen molar-refractivity contribution in [2.75, 3.05) is 13.6 Å². The molecule has 1 aliphatic rings. The van der Waals surface area contributed by atoms with Gasteiger partial charge in [-0.15, -0.1) is 0 Å². The molecule has 0 aliphatic carbocycles. The Morgan fingerprint density at radius 2 is 1.80 bits per heavy atom. The van der Waals surface area contributed by atoms with E-state index in [1.165, 1.54) is 30.3 Å². The van der Waals surface area contributed by atoms with Crippen molar-refractivity contribution in [3.05, 3.63) is 101 Å². The lowest BCUT2D eigenvalue weighted by Crippen LogP contribution is -2.31. The van der Waals surface area contributed by atoms with Crippen LogP contribution in [-0.4, -0.2) is 39.4 Å². The second kappa shape index (κ2) is 11.9. The SMILES string of the molecule is CN1CCC(C)(C)CCC(c2ccccc2F)c2cnc([nH]2)-c2cc(ccc2F)Oc2c(F)cc3[nH]ccc3c2CCC1=O. The normalized spacial score (nSPS) is 17.8. The van der Waals surface area contributed by atoms with E-state index in [9.17, 15) is 4.79 Å². The first kappa shape index (κ1) is 29.5. The van der Waals surface area contributed by atoms with Gasteiger partial charge in [-0.1, -0.05) is 32.0 Å². The molecule has 1 unspecified atom stereocenters. The van der Waals surface area contributed by atoms with Crippen LogP contribution in [0.4, 0.5) is 13.2 Å². The number of ether oxygens (including phenoxy) is 1. The van der Waals surface area contributed by atoms with E-state index in [0.717, 1.165) is 18.2 Å². The van der Waals surface area contributed by atoms with E-state index in [0.29, 0.717) is 35.3 Å². The van der Waals surface area contributed by atoms with Crippen molar-refractivity contribution in [1.82, 2.24) is 19.9 Å². The number of aromatic amines is 2. The fraction of sp³-hybridized carbons (Fsp3) is 0.314. The first-order valence-corrected chi connectivity index (χ1v) is 14.9. The zero-order valence-corrected chi connectivity index (χ0v) is 25.0. The average molecular weight is 601 g/mol. The van der Waals surface area contributed by atoms with Gasteiger partial charge in [0.25, 0.3) is 0 Å². The molecule has 0 fully saturated rings. The van der Waals surface area contributed by atoms with Gasteiger partial charge in [0.05, 0.1) is 5.56 Å². The number of carbonyl (C=O) groups excluding carboxylic acids is 1. The molecule has 6 nitrogen and oxygen atoms in total. The number of fused-ring (bicyclic) bond motifs is 8. The summed E-state index contributed by atoms with van der Waals surface area (Å²) in [6.45, 7) is 4.83. The smallest absolute Gasteiger partial charge is 0.222 e. The zero-order chi connectivity index (χ0) is 31.0. The van der Waals surface area contributed by atoms with E-state index < -0.39 is 11.6 Å². The van der Waals surface area contributed by atoms with Gasteiger partial charge in [0.2, 0.25) is 5.91 Å². The van der Waals surface area contributed by atoms with Crippen LogP contribution in [0.25, 0.3) is 22.3 Å². The van der Waals surface area contributed by atoms with Gasteiger partial charge in [-0.25, -0.2) is 18.2 Å². The number of hydrogen-bond acceptors (Lipinski definition) is 3. The van der Waals surface area contributed by atoms with Crippen molar-refractivity contribution in [3.63, 3.8) is 0 Å². The van der Waals surface area contributed by atoms with Crippen LogP contribution in [0.2, 0.25) is 0 Å². The summed E-state index contributed by atoms with van der Waals surface area (Å²) in [5, 5.41) is 0.751. The Kier molecular flexibility index (Phi) is 7.97. The number of imidazole rings is 1. The molecule has 44 heavy (non-hydrogen) atoms. The molecule has 9 heteroatoms. The first-order chi connectivity index (χ1) is 21.1. The molecule has 1 atom stereocenters. The Labute approximate surface area is 254 Å². The Bertz CT molecular complexity index is 1830. The van der Waals surface area contributed by atoms with Crippen LogP contribution in [-0.2, 0) is 11.2 Å². The van der Waals surface area contributed by atoms with E-state index in [4.69, 9.17) is 4.74 Å². The van der Waals surface area contributed by atoms with E-state index >= 15 is 13.2 Å². The highest BCUT2D eigenvalue weighted by Gasteiger charge is 2.27. The Morgan fingerprint density at radius 3 is 2.61 bits per heavy atom. The summed E-state index contributed by atoms with van der Waals surface area (Å²) in [6, 6.07) is 14.0. The van der Waals surface area contributed by atoms with Crippen molar-refractivity contribution in [3.8, 4) is 22.9 Å². The number of nitrogens with zero attached hydrogens (tertiary/aromatic N) is 2. The van der Waals surface area contributed by atoms with Crippen LogP contribution in [0.1, 0.15) is 62.3 Å². The monoisotopic (exact) mass is 600 g/mol. The molecule has 1 amide bonds. The molecule has 0 spiro atoms. The number of hydrogen-bond donors (Lipinski definition) is 2. The lowest BCUT2D eigenvalue weighted by molar-refractivity contribution is -0.130. The number of amides is 1. The van der Waals surface area contributed by atoms with Gasteiger partial charge in [0.15, 0.2) is 11.6 Å². The van der Waals surface area contributed by atoms with E-state index in [1.807, 2.05) is 6.07 Å². The van der Waals surface area contributed by atoms with Crippen LogP contribution in [0.5, 0.6) is 11.5 Å². The van der Waals surface area contributed by atoms with Crippen molar-refractivity contribution in [1.29, 1.82) is 0 Å². The number of carbonyl (C=O) groups is 1. The third-order valence-corrected chi connectivity index (χ3v) is 8.78. The summed E-state index contributed by atoms with van der Waals surface area (Å²) in [6.07, 6.45) is 5.85. The van der Waals surface area contributed by atoms with Crippen LogP contribution in [0.3, 0.4) is 0 Å². The first-order valence-electron chi connectivity index (χ1n) is 14.9. The lowest BCUT2D eigenvalue weighted by Gasteiger charge is -2.29. The predicted octanol–water partition coefficient (Wildman–Crippen LogP) is 8.50. The van der Waals surface area contributed by atoms with Crippen molar-refractivity contribution in [2.24, 2.45) is 5.41 Å². The number of aryl methyl sites for hydroxylation is 1. The Morgan fingerprint density at radius 1 is 0.977 bits per heavy atom. The third kappa shape index (κ3) is 5.96. The molecule has 6 rings (SSSR count). The maximum Gasteiger partial charge on any atom is 0.222 e. The van der Waals surface area contributed by atoms with Crippen LogP contribution >= 0.6 is 0 Å². The van der Waals surface area contributed by atoms with Crippen LogP contribution in [0, 0.1) is 22.9 Å². The minimum Gasteiger partial charge on any atom is -0.454 e. The molecule has 3 heterocycles. The van der Waals surface area contributed by atoms with E-state index in [1.54, 1.807) is 42.5 Å². The molecular formula is C35H35F3N4O2. The molecule has 2 N–H and O–H groups in total. The highest BCUT2D eigenvalue weighted by atomic mass is 19.1. The number of nitrogens with one attached hydrogen (secondary N) is 2. The van der Waals surface area contributed by atoms with Crippen LogP contribution < -0.4 is 4.74 Å². The maximum absolute atomic E-state index is 15.5. The quantitative estimate of drug-likeness (QED) is 0.203. The number of halogens is 3. The molecule has 5 aromatic rings. The third-order valence-electron chi connectivity index (χ3n) is 8.78. The van der Waals surface area contributed by atoms with Gasteiger partial charge >= 0.3 is 0 Å². The number of benzene rings is 3. The second-order valence-corrected chi connectivity index (χ2v) is 12.4. The number of rotatable bonds is 1. The molecular weight excluding hydrogens is 565 g/mol. The molecule has 0 radical (unpaired) electrons. The van der Waals surface area contributed by atoms with Gasteiger partial charge < -0.3 is 19.6 Å². The largest absolute Gasteiger partial charge is 0.454 e.